The van der Waals surface area contributed by atoms with E-state index in [9.17, 15) is 14.4 Å². The zero-order valence-electron chi connectivity index (χ0n) is 17.2. The second kappa shape index (κ2) is 7.30. The van der Waals surface area contributed by atoms with Gasteiger partial charge in [-0.1, -0.05) is 12.1 Å². The molecule has 0 radical (unpaired) electrons. The van der Waals surface area contributed by atoms with E-state index >= 15 is 0 Å². The minimum Gasteiger partial charge on any atom is -0.486 e. The molecule has 2 aromatic rings. The highest BCUT2D eigenvalue weighted by Crippen LogP contribution is 2.36. The fourth-order valence-electron chi connectivity index (χ4n) is 4.38. The molecule has 160 valence electrons. The Labute approximate surface area is 179 Å². The number of nitrogens with zero attached hydrogens (tertiary/aromatic N) is 1. The average molecular weight is 421 g/mol. The Morgan fingerprint density at radius 3 is 2.68 bits per heavy atom. The number of nitrogens with one attached hydrogen (secondary N) is 2. The standard InChI is InChI=1S/C23H23N3O5/c1-23(16-6-8-18-19(12-16)31-10-9-30-18)21(28)26(22(29)25-23)13-20(27)24-17-7-5-14-3-2-4-15(14)11-17/h5-8,11-12H,2-4,9-10,13H2,1H3,(H,24,27)(H,25,29). The predicted octanol–water partition coefficient (Wildman–Crippen LogP) is 2.35. The Bertz CT molecular complexity index is 1100. The summed E-state index contributed by atoms with van der Waals surface area (Å²) in [6.45, 7) is 2.15. The first-order chi connectivity index (χ1) is 14.9. The van der Waals surface area contributed by atoms with Crippen LogP contribution in [-0.2, 0) is 28.0 Å². The first kappa shape index (κ1) is 19.4. The lowest BCUT2D eigenvalue weighted by molar-refractivity contribution is -0.133. The number of carbonyl (C=O) groups is 3. The lowest BCUT2D eigenvalue weighted by atomic mass is 9.91. The summed E-state index contributed by atoms with van der Waals surface area (Å²) in [6, 6.07) is 10.4. The van der Waals surface area contributed by atoms with Crippen LogP contribution in [0.2, 0.25) is 0 Å². The summed E-state index contributed by atoms with van der Waals surface area (Å²) in [6.07, 6.45) is 3.18. The molecule has 2 N–H and O–H groups in total. The molecule has 0 saturated carbocycles. The normalized spacial score (nSPS) is 21.6. The van der Waals surface area contributed by atoms with Crippen molar-refractivity contribution >= 4 is 23.5 Å². The van der Waals surface area contributed by atoms with E-state index in [1.54, 1.807) is 25.1 Å². The van der Waals surface area contributed by atoms with Crippen LogP contribution in [0.4, 0.5) is 10.5 Å². The van der Waals surface area contributed by atoms with Gasteiger partial charge in [0.25, 0.3) is 5.91 Å². The summed E-state index contributed by atoms with van der Waals surface area (Å²) in [4.78, 5) is 39.2. The Kier molecular flexibility index (Phi) is 4.57. The molecule has 1 atom stereocenters. The van der Waals surface area contributed by atoms with Crippen molar-refractivity contribution in [3.8, 4) is 11.5 Å². The van der Waals surface area contributed by atoms with Crippen molar-refractivity contribution in [1.82, 2.24) is 10.2 Å². The second-order valence-corrected chi connectivity index (χ2v) is 8.19. The van der Waals surface area contributed by atoms with Crippen molar-refractivity contribution in [2.75, 3.05) is 25.1 Å². The van der Waals surface area contributed by atoms with Gasteiger partial charge in [0.15, 0.2) is 11.5 Å². The van der Waals surface area contributed by atoms with Crippen molar-refractivity contribution in [3.63, 3.8) is 0 Å². The van der Waals surface area contributed by atoms with Crippen LogP contribution in [0, 0.1) is 0 Å². The molecule has 1 aliphatic carbocycles. The van der Waals surface area contributed by atoms with Gasteiger partial charge in [-0.05, 0) is 67.1 Å². The van der Waals surface area contributed by atoms with Crippen LogP contribution in [0.3, 0.4) is 0 Å². The molecule has 1 fully saturated rings. The van der Waals surface area contributed by atoms with Crippen molar-refractivity contribution in [2.24, 2.45) is 0 Å². The van der Waals surface area contributed by atoms with Gasteiger partial charge in [0.1, 0.15) is 25.3 Å². The minimum atomic E-state index is -1.29. The Morgan fingerprint density at radius 2 is 1.84 bits per heavy atom. The number of anilines is 1. The molecular weight excluding hydrogens is 398 g/mol. The number of hydrogen-bond donors (Lipinski definition) is 2. The van der Waals surface area contributed by atoms with Crippen LogP contribution in [0.1, 0.15) is 30.0 Å². The van der Waals surface area contributed by atoms with Gasteiger partial charge in [-0.15, -0.1) is 0 Å². The van der Waals surface area contributed by atoms with Gasteiger partial charge in [0, 0.05) is 5.69 Å². The molecule has 0 spiro atoms. The Hall–Kier alpha value is -3.55. The summed E-state index contributed by atoms with van der Waals surface area (Å²) in [7, 11) is 0. The molecule has 5 rings (SSSR count). The third-order valence-corrected chi connectivity index (χ3v) is 6.08. The third kappa shape index (κ3) is 3.37. The van der Waals surface area contributed by atoms with E-state index < -0.39 is 23.4 Å². The van der Waals surface area contributed by atoms with Crippen LogP contribution in [0.5, 0.6) is 11.5 Å². The number of imide groups is 1. The predicted molar refractivity (Wildman–Crippen MR) is 112 cm³/mol. The minimum absolute atomic E-state index is 0.359. The third-order valence-electron chi connectivity index (χ3n) is 6.08. The van der Waals surface area contributed by atoms with Crippen LogP contribution in [-0.4, -0.2) is 42.5 Å². The lowest BCUT2D eigenvalue weighted by Gasteiger charge is -2.25. The largest absolute Gasteiger partial charge is 0.486 e. The van der Waals surface area contributed by atoms with E-state index in [4.69, 9.17) is 9.47 Å². The maximum atomic E-state index is 13.1. The number of benzene rings is 2. The van der Waals surface area contributed by atoms with E-state index in [0.29, 0.717) is 36.0 Å². The monoisotopic (exact) mass is 421 g/mol. The number of ether oxygens (including phenoxy) is 2. The van der Waals surface area contributed by atoms with E-state index in [0.717, 1.165) is 24.2 Å². The molecule has 8 heteroatoms. The van der Waals surface area contributed by atoms with E-state index in [2.05, 4.69) is 10.6 Å². The SMILES string of the molecule is CC1(c2ccc3c(c2)OCCO3)NC(=O)N(CC(=O)Nc2ccc3c(c2)CCC3)C1=O. The quantitative estimate of drug-likeness (QED) is 0.739. The molecule has 2 aromatic carbocycles. The number of fused-ring (bicyclic) bond motifs is 2. The van der Waals surface area contributed by atoms with E-state index in [1.165, 1.54) is 11.1 Å². The molecule has 4 amide bonds. The van der Waals surface area contributed by atoms with Gasteiger partial charge in [-0.3, -0.25) is 14.5 Å². The van der Waals surface area contributed by atoms with Gasteiger partial charge in [-0.25, -0.2) is 4.79 Å². The average Bonchev–Trinajstić information content (AvgIpc) is 3.32. The number of urea groups is 1. The van der Waals surface area contributed by atoms with Crippen LogP contribution >= 0.6 is 0 Å². The number of rotatable bonds is 4. The van der Waals surface area contributed by atoms with Crippen molar-refractivity contribution in [2.45, 2.75) is 31.7 Å². The topological polar surface area (TPSA) is 97.0 Å². The molecule has 8 nitrogen and oxygen atoms in total. The smallest absolute Gasteiger partial charge is 0.325 e. The summed E-state index contributed by atoms with van der Waals surface area (Å²) in [5.41, 5.74) is 2.49. The zero-order valence-corrected chi connectivity index (χ0v) is 17.2. The highest BCUT2D eigenvalue weighted by atomic mass is 16.6. The van der Waals surface area contributed by atoms with Crippen molar-refractivity contribution in [1.29, 1.82) is 0 Å². The summed E-state index contributed by atoms with van der Waals surface area (Å²) >= 11 is 0. The maximum absolute atomic E-state index is 13.1. The van der Waals surface area contributed by atoms with Crippen molar-refractivity contribution in [3.05, 3.63) is 53.1 Å². The van der Waals surface area contributed by atoms with Gasteiger partial charge < -0.3 is 20.1 Å². The molecule has 1 unspecified atom stereocenters. The summed E-state index contributed by atoms with van der Waals surface area (Å²) in [5.74, 6) is 0.215. The highest BCUT2D eigenvalue weighted by Gasteiger charge is 2.49. The van der Waals surface area contributed by atoms with Gasteiger partial charge >= 0.3 is 6.03 Å². The van der Waals surface area contributed by atoms with E-state index in [-0.39, 0.29) is 6.54 Å². The molecule has 31 heavy (non-hydrogen) atoms. The summed E-state index contributed by atoms with van der Waals surface area (Å²) in [5, 5.41) is 5.52. The first-order valence-corrected chi connectivity index (χ1v) is 10.4. The molecular formula is C23H23N3O5. The molecule has 1 saturated heterocycles. The number of amides is 4. The zero-order chi connectivity index (χ0) is 21.6. The number of aryl methyl sites for hydroxylation is 2. The maximum Gasteiger partial charge on any atom is 0.325 e. The second-order valence-electron chi connectivity index (χ2n) is 8.19. The molecule has 2 heterocycles. The number of carbonyl (C=O) groups excluding carboxylic acids is 3. The fraction of sp³-hybridized carbons (Fsp3) is 0.348. The van der Waals surface area contributed by atoms with Crippen molar-refractivity contribution < 1.29 is 23.9 Å². The fourth-order valence-corrected chi connectivity index (χ4v) is 4.38. The van der Waals surface area contributed by atoms with Crippen LogP contribution in [0.25, 0.3) is 0 Å². The summed E-state index contributed by atoms with van der Waals surface area (Å²) < 4.78 is 11.1. The van der Waals surface area contributed by atoms with Gasteiger partial charge in [0.05, 0.1) is 0 Å². The van der Waals surface area contributed by atoms with Crippen LogP contribution < -0.4 is 20.1 Å². The van der Waals surface area contributed by atoms with Crippen LogP contribution in [0.15, 0.2) is 36.4 Å². The number of hydrogen-bond acceptors (Lipinski definition) is 5. The molecule has 0 bridgehead atoms. The first-order valence-electron chi connectivity index (χ1n) is 10.4. The highest BCUT2D eigenvalue weighted by molar-refractivity contribution is 6.10. The Balaban J connectivity index is 1.31. The molecule has 3 aliphatic rings. The van der Waals surface area contributed by atoms with Gasteiger partial charge in [-0.2, -0.15) is 0 Å². The van der Waals surface area contributed by atoms with E-state index in [1.807, 2.05) is 18.2 Å². The Morgan fingerprint density at radius 1 is 1.06 bits per heavy atom. The lowest BCUT2D eigenvalue weighted by Crippen LogP contribution is -2.42. The van der Waals surface area contributed by atoms with Gasteiger partial charge in [0.2, 0.25) is 5.91 Å². The molecule has 0 aromatic heterocycles. The molecule has 2 aliphatic heterocycles.